The molecular formula is O3SSe. The maximum absolute atomic E-state index is 9.08. The van der Waals surface area contributed by atoms with Crippen molar-refractivity contribution in [3.05, 3.63) is 0 Å². The number of hydrogen-bond donors (Lipinski definition) is 0. The van der Waals surface area contributed by atoms with Gasteiger partial charge in [-0.3, -0.25) is 0 Å². The topological polar surface area (TPSA) is 51.2 Å². The second-order valence-corrected chi connectivity index (χ2v) is 3.39. The standard InChI is InChI=1S/O3SSe/c1-4(2)5-3. The predicted octanol–water partition coefficient (Wildman–Crippen LogP) is -1.17. The van der Waals surface area contributed by atoms with Crippen LogP contribution in [0.2, 0.25) is 0 Å². The normalized spacial score (nSPS) is 6.40. The fraction of sp³-hybridized carbons (Fsp3) is 0. The van der Waals surface area contributed by atoms with Gasteiger partial charge in [-0.2, -0.15) is 0 Å². The molecule has 0 radical (unpaired) electrons. The molecule has 0 spiro atoms. The quantitative estimate of drug-likeness (QED) is 0.418. The molecule has 0 aliphatic carbocycles. The van der Waals surface area contributed by atoms with Crippen LogP contribution in [-0.2, 0) is 12.5 Å². The molecule has 0 aromatic rings. The van der Waals surface area contributed by atoms with E-state index in [1.807, 2.05) is 0 Å². The Morgan fingerprint density at radius 3 is 1.60 bits per heavy atom. The van der Waals surface area contributed by atoms with E-state index in [-0.39, 0.29) is 0 Å². The first-order valence-corrected chi connectivity index (χ1v) is 4.46. The van der Waals surface area contributed by atoms with Crippen LogP contribution in [0, 0.1) is 0 Å². The maximum atomic E-state index is 9.08. The van der Waals surface area contributed by atoms with Gasteiger partial charge in [0, 0.05) is 0 Å². The molecule has 0 rings (SSSR count). The van der Waals surface area contributed by atoms with Crippen molar-refractivity contribution in [1.82, 2.24) is 0 Å². The van der Waals surface area contributed by atoms with Crippen LogP contribution >= 0.6 is 0 Å². The van der Waals surface area contributed by atoms with Crippen LogP contribution in [0.5, 0.6) is 0 Å². The second-order valence-electron chi connectivity index (χ2n) is 0.272. The van der Waals surface area contributed by atoms with Gasteiger partial charge in [0.1, 0.15) is 0 Å². The monoisotopic (exact) mass is 160 g/mol. The Bertz CT molecular complexity index is 138. The number of rotatable bonds is 0. The zero-order valence-electron chi connectivity index (χ0n) is 2.04. The molecule has 0 amide bonds. The Morgan fingerprint density at radius 1 is 1.40 bits per heavy atom. The Morgan fingerprint density at radius 2 is 1.60 bits per heavy atom. The average molecular weight is 159 g/mol. The Balaban J connectivity index is 5.08. The van der Waals surface area contributed by atoms with E-state index < -0.39 is 21.9 Å². The van der Waals surface area contributed by atoms with Crippen molar-refractivity contribution < 1.29 is 12.3 Å². The second kappa shape index (κ2) is 2.38. The molecule has 0 aromatic heterocycles. The van der Waals surface area contributed by atoms with Crippen molar-refractivity contribution in [1.29, 1.82) is 0 Å². The SMILES string of the molecule is O=[Se]=S(=O)=O. The van der Waals surface area contributed by atoms with E-state index in [1.54, 1.807) is 0 Å². The van der Waals surface area contributed by atoms with Crippen LogP contribution in [0.25, 0.3) is 0 Å². The molecule has 0 saturated heterocycles. The third kappa shape index (κ3) is 4.14. The van der Waals surface area contributed by atoms with Crippen molar-refractivity contribution in [3.63, 3.8) is 0 Å². The molecule has 0 atom stereocenters. The van der Waals surface area contributed by atoms with Crippen LogP contribution in [0.15, 0.2) is 0 Å². The minimum atomic E-state index is -2.32. The van der Waals surface area contributed by atoms with E-state index in [1.165, 1.54) is 0 Å². The molecule has 30 valence electrons. The van der Waals surface area contributed by atoms with Gasteiger partial charge in [0.2, 0.25) is 0 Å². The fourth-order valence-electron chi connectivity index (χ4n) is 0. The first-order valence-electron chi connectivity index (χ1n) is 0.667. The van der Waals surface area contributed by atoms with Gasteiger partial charge < -0.3 is 0 Å². The van der Waals surface area contributed by atoms with Crippen LogP contribution in [-0.4, -0.2) is 21.7 Å². The van der Waals surface area contributed by atoms with E-state index in [9.17, 15) is 0 Å². The molecule has 0 aliphatic heterocycles. The summed E-state index contributed by atoms with van der Waals surface area (Å²) in [4.78, 5) is 0. The summed E-state index contributed by atoms with van der Waals surface area (Å²) >= 11 is -1.46. The Labute approximate surface area is 34.7 Å². The first-order chi connectivity index (χ1) is 2.27. The first kappa shape index (κ1) is 5.14. The molecule has 5 heavy (non-hydrogen) atoms. The van der Waals surface area contributed by atoms with Gasteiger partial charge in [-0.1, -0.05) is 0 Å². The van der Waals surface area contributed by atoms with Gasteiger partial charge in [0.05, 0.1) is 0 Å². The molecule has 0 saturated carbocycles. The predicted molar refractivity (Wildman–Crippen MR) is 15.4 cm³/mol. The molecule has 0 aliphatic rings. The summed E-state index contributed by atoms with van der Waals surface area (Å²) in [6.45, 7) is 0. The molecule has 0 fully saturated rings. The molecule has 0 unspecified atom stereocenters. The molecular weight excluding hydrogens is 159 g/mol. The summed E-state index contributed by atoms with van der Waals surface area (Å²) in [6, 6.07) is 0. The van der Waals surface area contributed by atoms with Gasteiger partial charge in [-0.05, 0) is 0 Å². The van der Waals surface area contributed by atoms with Crippen molar-refractivity contribution in [3.8, 4) is 0 Å². The summed E-state index contributed by atoms with van der Waals surface area (Å²) in [5.41, 5.74) is 0. The minimum absolute atomic E-state index is 1.46. The third-order valence-corrected chi connectivity index (χ3v) is 0.866. The number of hydrogen-bond acceptors (Lipinski definition) is 3. The van der Waals surface area contributed by atoms with Crippen molar-refractivity contribution >= 4 is 21.9 Å². The van der Waals surface area contributed by atoms with Crippen molar-refractivity contribution in [2.45, 2.75) is 0 Å². The molecule has 0 heterocycles. The van der Waals surface area contributed by atoms with Gasteiger partial charge in [0.25, 0.3) is 0 Å². The van der Waals surface area contributed by atoms with E-state index in [0.717, 1.165) is 0 Å². The molecule has 5 heteroatoms. The summed E-state index contributed by atoms with van der Waals surface area (Å²) in [7, 11) is -2.32. The summed E-state index contributed by atoms with van der Waals surface area (Å²) in [5.74, 6) is 0. The van der Waals surface area contributed by atoms with Crippen LogP contribution < -0.4 is 0 Å². The van der Waals surface area contributed by atoms with Crippen molar-refractivity contribution in [2.75, 3.05) is 0 Å². The molecule has 0 aromatic carbocycles. The van der Waals surface area contributed by atoms with Crippen LogP contribution in [0.3, 0.4) is 0 Å². The van der Waals surface area contributed by atoms with Crippen molar-refractivity contribution in [2.24, 2.45) is 0 Å². The van der Waals surface area contributed by atoms with E-state index in [2.05, 4.69) is 0 Å². The van der Waals surface area contributed by atoms with Gasteiger partial charge in [0.15, 0.2) is 0 Å². The Kier molecular flexibility index (Phi) is 2.45. The van der Waals surface area contributed by atoms with Gasteiger partial charge >= 0.3 is 34.1 Å². The van der Waals surface area contributed by atoms with E-state index in [4.69, 9.17) is 12.3 Å². The van der Waals surface area contributed by atoms with Gasteiger partial charge in [-0.25, -0.2) is 0 Å². The summed E-state index contributed by atoms with van der Waals surface area (Å²) in [5, 5.41) is 0. The van der Waals surface area contributed by atoms with Crippen LogP contribution in [0.1, 0.15) is 0 Å². The van der Waals surface area contributed by atoms with Crippen LogP contribution in [0.4, 0.5) is 0 Å². The molecule has 0 N–H and O–H groups in total. The third-order valence-electron chi connectivity index (χ3n) is 0.0556. The van der Waals surface area contributed by atoms with Gasteiger partial charge in [-0.15, -0.1) is 0 Å². The zero-order valence-corrected chi connectivity index (χ0v) is 4.57. The van der Waals surface area contributed by atoms with E-state index >= 15 is 0 Å². The van der Waals surface area contributed by atoms with E-state index in [0.29, 0.717) is 0 Å². The Hall–Kier alpha value is 0.139. The summed E-state index contributed by atoms with van der Waals surface area (Å²) in [6.07, 6.45) is 0. The molecule has 0 bridgehead atoms. The summed E-state index contributed by atoms with van der Waals surface area (Å²) < 4.78 is 27.2. The average Bonchev–Trinajstić information content (AvgIpc) is 1.38. The zero-order chi connectivity index (χ0) is 4.28. The molecule has 3 nitrogen and oxygen atoms in total. The fourth-order valence-corrected chi connectivity index (χ4v) is 0.